The summed E-state index contributed by atoms with van der Waals surface area (Å²) in [7, 11) is 0. The molecule has 0 aliphatic heterocycles. The van der Waals surface area contributed by atoms with Crippen LogP contribution in [0.3, 0.4) is 0 Å². The van der Waals surface area contributed by atoms with Crippen LogP contribution in [0.25, 0.3) is 0 Å². The molecular formula is C10H19F2NO. The van der Waals surface area contributed by atoms with Crippen molar-refractivity contribution in [3.8, 4) is 0 Å². The van der Waals surface area contributed by atoms with Crippen molar-refractivity contribution < 1.29 is 13.9 Å². The Balaban J connectivity index is 2.53. The zero-order valence-electron chi connectivity index (χ0n) is 8.38. The molecule has 0 spiro atoms. The standard InChI is InChI=1S/C10H19F2NO/c11-10(12,7-13)9(14)8-5-3-1-2-4-6-8/h8-9,14H,1-7,13H2. The second kappa shape index (κ2) is 5.03. The maximum atomic E-state index is 13.1. The van der Waals surface area contributed by atoms with E-state index in [0.29, 0.717) is 12.8 Å². The monoisotopic (exact) mass is 207 g/mol. The fourth-order valence-electron chi connectivity index (χ4n) is 2.09. The summed E-state index contributed by atoms with van der Waals surface area (Å²) >= 11 is 0. The summed E-state index contributed by atoms with van der Waals surface area (Å²) in [5.41, 5.74) is 4.94. The summed E-state index contributed by atoms with van der Waals surface area (Å²) in [6, 6.07) is 0. The van der Waals surface area contributed by atoms with Crippen molar-refractivity contribution in [3.05, 3.63) is 0 Å². The summed E-state index contributed by atoms with van der Waals surface area (Å²) in [6.45, 7) is -0.759. The van der Waals surface area contributed by atoms with Gasteiger partial charge in [0, 0.05) is 0 Å². The molecule has 0 heterocycles. The molecule has 1 aliphatic carbocycles. The molecule has 1 atom stereocenters. The lowest BCUT2D eigenvalue weighted by Gasteiger charge is -2.27. The van der Waals surface area contributed by atoms with Gasteiger partial charge in [0.1, 0.15) is 6.10 Å². The van der Waals surface area contributed by atoms with Gasteiger partial charge in [-0.15, -0.1) is 0 Å². The normalized spacial score (nSPS) is 23.1. The zero-order valence-corrected chi connectivity index (χ0v) is 8.38. The van der Waals surface area contributed by atoms with Gasteiger partial charge in [0.15, 0.2) is 0 Å². The highest BCUT2D eigenvalue weighted by Crippen LogP contribution is 2.32. The molecule has 4 heteroatoms. The third-order valence-corrected chi connectivity index (χ3v) is 3.05. The van der Waals surface area contributed by atoms with Crippen LogP contribution in [0.1, 0.15) is 38.5 Å². The average molecular weight is 207 g/mol. The summed E-state index contributed by atoms with van der Waals surface area (Å²) in [5.74, 6) is -3.38. The molecule has 0 amide bonds. The Labute approximate surface area is 83.5 Å². The van der Waals surface area contributed by atoms with Gasteiger partial charge in [0.2, 0.25) is 0 Å². The molecule has 14 heavy (non-hydrogen) atoms. The van der Waals surface area contributed by atoms with E-state index in [1.807, 2.05) is 0 Å². The minimum Gasteiger partial charge on any atom is -0.387 e. The molecule has 2 nitrogen and oxygen atoms in total. The minimum absolute atomic E-state index is 0.268. The fraction of sp³-hybridized carbons (Fsp3) is 1.00. The number of hydrogen-bond acceptors (Lipinski definition) is 2. The van der Waals surface area contributed by atoms with Crippen LogP contribution in [-0.4, -0.2) is 23.7 Å². The number of nitrogens with two attached hydrogens (primary N) is 1. The van der Waals surface area contributed by atoms with Crippen LogP contribution in [0.15, 0.2) is 0 Å². The van der Waals surface area contributed by atoms with Gasteiger partial charge < -0.3 is 10.8 Å². The van der Waals surface area contributed by atoms with Gasteiger partial charge >= 0.3 is 0 Å². The van der Waals surface area contributed by atoms with E-state index in [-0.39, 0.29) is 5.92 Å². The molecular weight excluding hydrogens is 188 g/mol. The number of halogens is 2. The largest absolute Gasteiger partial charge is 0.387 e. The quantitative estimate of drug-likeness (QED) is 0.694. The molecule has 84 valence electrons. The van der Waals surface area contributed by atoms with Crippen molar-refractivity contribution in [1.82, 2.24) is 0 Å². The maximum Gasteiger partial charge on any atom is 0.285 e. The predicted molar refractivity (Wildman–Crippen MR) is 51.2 cm³/mol. The van der Waals surface area contributed by atoms with E-state index in [0.717, 1.165) is 25.7 Å². The topological polar surface area (TPSA) is 46.2 Å². The van der Waals surface area contributed by atoms with Crippen molar-refractivity contribution in [2.75, 3.05) is 6.54 Å². The molecule has 0 radical (unpaired) electrons. The highest BCUT2D eigenvalue weighted by atomic mass is 19.3. The van der Waals surface area contributed by atoms with E-state index in [1.165, 1.54) is 0 Å². The molecule has 1 fully saturated rings. The number of alkyl halides is 2. The smallest absolute Gasteiger partial charge is 0.285 e. The van der Waals surface area contributed by atoms with E-state index in [4.69, 9.17) is 5.73 Å². The van der Waals surface area contributed by atoms with Crippen LogP contribution in [0.4, 0.5) is 8.78 Å². The van der Waals surface area contributed by atoms with Gasteiger partial charge in [0.25, 0.3) is 5.92 Å². The van der Waals surface area contributed by atoms with Crippen LogP contribution in [0.2, 0.25) is 0 Å². The Morgan fingerprint density at radius 2 is 1.71 bits per heavy atom. The van der Waals surface area contributed by atoms with Crippen molar-refractivity contribution >= 4 is 0 Å². The molecule has 3 N–H and O–H groups in total. The minimum atomic E-state index is -3.12. The van der Waals surface area contributed by atoms with Crippen molar-refractivity contribution in [2.24, 2.45) is 11.7 Å². The number of hydrogen-bond donors (Lipinski definition) is 2. The summed E-state index contributed by atoms with van der Waals surface area (Å²) in [6.07, 6.45) is 3.94. The van der Waals surface area contributed by atoms with E-state index in [9.17, 15) is 13.9 Å². The van der Waals surface area contributed by atoms with Crippen LogP contribution < -0.4 is 5.73 Å². The lowest BCUT2D eigenvalue weighted by molar-refractivity contribution is -0.126. The van der Waals surface area contributed by atoms with Gasteiger partial charge in [-0.1, -0.05) is 25.7 Å². The van der Waals surface area contributed by atoms with Crippen molar-refractivity contribution in [1.29, 1.82) is 0 Å². The first-order valence-electron chi connectivity index (χ1n) is 5.34. The van der Waals surface area contributed by atoms with Crippen LogP contribution in [-0.2, 0) is 0 Å². The molecule has 0 bridgehead atoms. The zero-order chi connectivity index (χ0) is 10.6. The molecule has 1 aliphatic rings. The third kappa shape index (κ3) is 2.89. The second-order valence-corrected chi connectivity index (χ2v) is 4.16. The molecule has 1 rings (SSSR count). The van der Waals surface area contributed by atoms with Crippen LogP contribution in [0.5, 0.6) is 0 Å². The van der Waals surface area contributed by atoms with E-state index in [2.05, 4.69) is 0 Å². The Morgan fingerprint density at radius 3 is 2.14 bits per heavy atom. The lowest BCUT2D eigenvalue weighted by Crippen LogP contribution is -2.44. The number of aliphatic hydroxyl groups is 1. The number of aliphatic hydroxyl groups excluding tert-OH is 1. The second-order valence-electron chi connectivity index (χ2n) is 4.16. The maximum absolute atomic E-state index is 13.1. The molecule has 1 saturated carbocycles. The van der Waals surface area contributed by atoms with Gasteiger partial charge in [-0.05, 0) is 18.8 Å². The SMILES string of the molecule is NCC(F)(F)C(O)C1CCCCCC1. The summed E-state index contributed by atoms with van der Waals surface area (Å²) in [4.78, 5) is 0. The lowest BCUT2D eigenvalue weighted by atomic mass is 9.90. The van der Waals surface area contributed by atoms with E-state index >= 15 is 0 Å². The van der Waals surface area contributed by atoms with Gasteiger partial charge in [0.05, 0.1) is 6.54 Å². The fourth-order valence-corrected chi connectivity index (χ4v) is 2.09. The molecule has 0 saturated heterocycles. The third-order valence-electron chi connectivity index (χ3n) is 3.05. The van der Waals surface area contributed by atoms with E-state index in [1.54, 1.807) is 0 Å². The predicted octanol–water partition coefficient (Wildman–Crippen LogP) is 1.91. The first-order chi connectivity index (χ1) is 6.58. The Hall–Kier alpha value is -0.220. The summed E-state index contributed by atoms with van der Waals surface area (Å²) in [5, 5.41) is 9.50. The Kier molecular flexibility index (Phi) is 4.26. The van der Waals surface area contributed by atoms with Gasteiger partial charge in [-0.25, -0.2) is 8.78 Å². The highest BCUT2D eigenvalue weighted by molar-refractivity contribution is 4.84. The molecule has 1 unspecified atom stereocenters. The highest BCUT2D eigenvalue weighted by Gasteiger charge is 2.41. The first kappa shape index (κ1) is 11.9. The van der Waals surface area contributed by atoms with E-state index < -0.39 is 18.6 Å². The van der Waals surface area contributed by atoms with Crippen LogP contribution in [0, 0.1) is 5.92 Å². The first-order valence-corrected chi connectivity index (χ1v) is 5.34. The molecule has 0 aromatic carbocycles. The Morgan fingerprint density at radius 1 is 1.21 bits per heavy atom. The van der Waals surface area contributed by atoms with Crippen LogP contribution >= 0.6 is 0 Å². The number of rotatable bonds is 3. The van der Waals surface area contributed by atoms with Gasteiger partial charge in [-0.3, -0.25) is 0 Å². The van der Waals surface area contributed by atoms with Crippen molar-refractivity contribution in [3.63, 3.8) is 0 Å². The van der Waals surface area contributed by atoms with Gasteiger partial charge in [-0.2, -0.15) is 0 Å². The summed E-state index contributed by atoms with van der Waals surface area (Å²) < 4.78 is 26.2. The molecule has 0 aromatic heterocycles. The van der Waals surface area contributed by atoms with Crippen molar-refractivity contribution in [2.45, 2.75) is 50.6 Å². The average Bonchev–Trinajstić information content (AvgIpc) is 2.44. The Bertz CT molecular complexity index is 168. The molecule has 0 aromatic rings.